The molecular weight excluding hydrogens is 356 g/mol. The Labute approximate surface area is 163 Å². The summed E-state index contributed by atoms with van der Waals surface area (Å²) in [6.07, 6.45) is 0.883. The smallest absolute Gasteiger partial charge is 0.251 e. The van der Waals surface area contributed by atoms with Crippen molar-refractivity contribution in [2.75, 3.05) is 13.7 Å². The van der Waals surface area contributed by atoms with Crippen molar-refractivity contribution in [3.8, 4) is 5.75 Å². The molecule has 1 heterocycles. The molecule has 1 unspecified atom stereocenters. The van der Waals surface area contributed by atoms with Gasteiger partial charge in [0.2, 0.25) is 5.91 Å². The first-order chi connectivity index (χ1) is 13.6. The van der Waals surface area contributed by atoms with Crippen molar-refractivity contribution in [2.24, 2.45) is 0 Å². The third-order valence-electron chi connectivity index (χ3n) is 4.45. The fraction of sp³-hybridized carbons (Fsp3) is 0.273. The molecule has 1 atom stereocenters. The number of furan rings is 1. The van der Waals surface area contributed by atoms with E-state index < -0.39 is 0 Å². The third kappa shape index (κ3) is 4.71. The molecule has 3 rings (SSSR count). The maximum atomic E-state index is 12.2. The van der Waals surface area contributed by atoms with Gasteiger partial charge in [0, 0.05) is 23.9 Å². The first-order valence-electron chi connectivity index (χ1n) is 9.27. The molecule has 2 amide bonds. The Morgan fingerprint density at radius 1 is 1.11 bits per heavy atom. The molecule has 0 aliphatic heterocycles. The topological polar surface area (TPSA) is 80.6 Å². The molecule has 0 saturated heterocycles. The van der Waals surface area contributed by atoms with Crippen LogP contribution < -0.4 is 15.4 Å². The molecule has 2 aromatic carbocycles. The highest BCUT2D eigenvalue weighted by atomic mass is 16.5. The van der Waals surface area contributed by atoms with Crippen molar-refractivity contribution in [2.45, 2.75) is 25.8 Å². The molecule has 3 aromatic rings. The van der Waals surface area contributed by atoms with Gasteiger partial charge >= 0.3 is 0 Å². The Hall–Kier alpha value is -3.28. The predicted octanol–water partition coefficient (Wildman–Crippen LogP) is 3.83. The van der Waals surface area contributed by atoms with Gasteiger partial charge in [-0.15, -0.1) is 0 Å². The molecule has 0 fully saturated rings. The zero-order valence-corrected chi connectivity index (χ0v) is 16.0. The Balaban J connectivity index is 1.46. The van der Waals surface area contributed by atoms with E-state index in [-0.39, 0.29) is 17.9 Å². The summed E-state index contributed by atoms with van der Waals surface area (Å²) in [5, 5.41) is 6.68. The van der Waals surface area contributed by atoms with E-state index in [9.17, 15) is 9.59 Å². The minimum absolute atomic E-state index is 0.0890. The van der Waals surface area contributed by atoms with Gasteiger partial charge in [-0.1, -0.05) is 30.3 Å². The lowest BCUT2D eigenvalue weighted by molar-refractivity contribution is -0.121. The largest absolute Gasteiger partial charge is 0.493 e. The molecule has 0 aliphatic rings. The molecule has 146 valence electrons. The summed E-state index contributed by atoms with van der Waals surface area (Å²) in [5.41, 5.74) is 1.28. The number of para-hydroxylation sites is 1. The highest BCUT2D eigenvalue weighted by Gasteiger charge is 2.16. The van der Waals surface area contributed by atoms with Gasteiger partial charge in [-0.25, -0.2) is 0 Å². The summed E-state index contributed by atoms with van der Waals surface area (Å²) in [7, 11) is 1.60. The maximum absolute atomic E-state index is 12.2. The van der Waals surface area contributed by atoms with Crippen molar-refractivity contribution < 1.29 is 18.7 Å². The second-order valence-corrected chi connectivity index (χ2v) is 6.54. The number of rotatable bonds is 8. The lowest BCUT2D eigenvalue weighted by Crippen LogP contribution is -2.28. The SMILES string of the molecule is COc1cccc2cc(C(C)NC(=O)CCCNC(=O)c3ccccc3)oc12. The van der Waals surface area contributed by atoms with Crippen molar-refractivity contribution in [1.82, 2.24) is 10.6 Å². The van der Waals surface area contributed by atoms with E-state index in [2.05, 4.69) is 10.6 Å². The van der Waals surface area contributed by atoms with Crippen LogP contribution in [0.1, 0.15) is 41.9 Å². The monoisotopic (exact) mass is 380 g/mol. The molecule has 6 nitrogen and oxygen atoms in total. The third-order valence-corrected chi connectivity index (χ3v) is 4.45. The normalized spacial score (nSPS) is 11.8. The number of hydrogen-bond donors (Lipinski definition) is 2. The number of nitrogens with one attached hydrogen (secondary N) is 2. The van der Waals surface area contributed by atoms with Crippen LogP contribution in [0.4, 0.5) is 0 Å². The fourth-order valence-corrected chi connectivity index (χ4v) is 2.96. The molecule has 0 aliphatic carbocycles. The average molecular weight is 380 g/mol. The molecule has 0 saturated carbocycles. The van der Waals surface area contributed by atoms with Gasteiger partial charge in [0.1, 0.15) is 5.76 Å². The van der Waals surface area contributed by atoms with Gasteiger partial charge in [0.25, 0.3) is 5.91 Å². The van der Waals surface area contributed by atoms with Crippen LogP contribution in [0.25, 0.3) is 11.0 Å². The Bertz CT molecular complexity index is 950. The number of fused-ring (bicyclic) bond motifs is 1. The minimum atomic E-state index is -0.261. The first-order valence-corrected chi connectivity index (χ1v) is 9.27. The number of ether oxygens (including phenoxy) is 1. The van der Waals surface area contributed by atoms with Crippen LogP contribution in [-0.4, -0.2) is 25.5 Å². The van der Waals surface area contributed by atoms with Crippen molar-refractivity contribution in [3.63, 3.8) is 0 Å². The van der Waals surface area contributed by atoms with Crippen LogP contribution >= 0.6 is 0 Å². The molecule has 0 radical (unpaired) electrons. The highest BCUT2D eigenvalue weighted by molar-refractivity contribution is 5.94. The molecular formula is C22H24N2O4. The summed E-state index contributed by atoms with van der Waals surface area (Å²) in [5.74, 6) is 1.11. The first kappa shape index (κ1) is 19.5. The van der Waals surface area contributed by atoms with E-state index in [0.717, 1.165) is 5.39 Å². The highest BCUT2D eigenvalue weighted by Crippen LogP contribution is 2.30. The van der Waals surface area contributed by atoms with E-state index in [4.69, 9.17) is 9.15 Å². The van der Waals surface area contributed by atoms with Crippen LogP contribution in [0, 0.1) is 0 Å². The standard InChI is InChI=1S/C22H24N2O4/c1-15(19-14-17-10-6-11-18(27-2)21(17)28-19)24-20(25)12-7-13-23-22(26)16-8-4-3-5-9-16/h3-6,8-11,14-15H,7,12-13H2,1-2H3,(H,23,26)(H,24,25). The second kappa shape index (κ2) is 9.08. The Morgan fingerprint density at radius 2 is 1.89 bits per heavy atom. The van der Waals surface area contributed by atoms with E-state index >= 15 is 0 Å². The molecule has 2 N–H and O–H groups in total. The molecule has 0 bridgehead atoms. The van der Waals surface area contributed by atoms with Crippen LogP contribution in [0.5, 0.6) is 5.75 Å². The molecule has 1 aromatic heterocycles. The number of hydrogen-bond acceptors (Lipinski definition) is 4. The van der Waals surface area contributed by atoms with Gasteiger partial charge in [0.15, 0.2) is 11.3 Å². The second-order valence-electron chi connectivity index (χ2n) is 6.54. The van der Waals surface area contributed by atoms with Crippen molar-refractivity contribution in [1.29, 1.82) is 0 Å². The van der Waals surface area contributed by atoms with Crippen molar-refractivity contribution in [3.05, 3.63) is 65.9 Å². The van der Waals surface area contributed by atoms with Crippen LogP contribution in [-0.2, 0) is 4.79 Å². The predicted molar refractivity (Wildman–Crippen MR) is 107 cm³/mol. The molecule has 0 spiro atoms. The fourth-order valence-electron chi connectivity index (χ4n) is 2.96. The average Bonchev–Trinajstić information content (AvgIpc) is 3.16. The minimum Gasteiger partial charge on any atom is -0.493 e. The van der Waals surface area contributed by atoms with Crippen LogP contribution in [0.3, 0.4) is 0 Å². The zero-order chi connectivity index (χ0) is 19.9. The number of carbonyl (C=O) groups excluding carboxylic acids is 2. The van der Waals surface area contributed by atoms with Gasteiger partial charge in [-0.2, -0.15) is 0 Å². The number of methoxy groups -OCH3 is 1. The van der Waals surface area contributed by atoms with Gasteiger partial charge in [-0.05, 0) is 37.6 Å². The van der Waals surface area contributed by atoms with E-state index in [1.165, 1.54) is 0 Å². The number of amides is 2. The number of carbonyl (C=O) groups is 2. The Kier molecular flexibility index (Phi) is 6.32. The maximum Gasteiger partial charge on any atom is 0.251 e. The lowest BCUT2D eigenvalue weighted by Gasteiger charge is -2.11. The van der Waals surface area contributed by atoms with E-state index in [1.54, 1.807) is 19.2 Å². The number of benzene rings is 2. The molecule has 28 heavy (non-hydrogen) atoms. The van der Waals surface area contributed by atoms with Crippen LogP contribution in [0.2, 0.25) is 0 Å². The van der Waals surface area contributed by atoms with Crippen molar-refractivity contribution >= 4 is 22.8 Å². The van der Waals surface area contributed by atoms with E-state index in [0.29, 0.717) is 42.0 Å². The van der Waals surface area contributed by atoms with Crippen LogP contribution in [0.15, 0.2) is 59.0 Å². The van der Waals surface area contributed by atoms with Gasteiger partial charge in [0.05, 0.1) is 13.2 Å². The lowest BCUT2D eigenvalue weighted by atomic mass is 10.2. The Morgan fingerprint density at radius 3 is 2.64 bits per heavy atom. The summed E-state index contributed by atoms with van der Waals surface area (Å²) in [4.78, 5) is 24.1. The van der Waals surface area contributed by atoms with Gasteiger partial charge in [-0.3, -0.25) is 9.59 Å². The summed E-state index contributed by atoms with van der Waals surface area (Å²) in [6, 6.07) is 16.3. The quantitative estimate of drug-likeness (QED) is 0.582. The summed E-state index contributed by atoms with van der Waals surface area (Å²) >= 11 is 0. The van der Waals surface area contributed by atoms with E-state index in [1.807, 2.05) is 49.4 Å². The molecule has 6 heteroatoms. The zero-order valence-electron chi connectivity index (χ0n) is 16.0. The summed E-state index contributed by atoms with van der Waals surface area (Å²) < 4.78 is 11.2. The van der Waals surface area contributed by atoms with Gasteiger partial charge < -0.3 is 19.8 Å². The summed E-state index contributed by atoms with van der Waals surface area (Å²) in [6.45, 7) is 2.32.